The van der Waals surface area contributed by atoms with Gasteiger partial charge >= 0.3 is 0 Å². The van der Waals surface area contributed by atoms with E-state index in [4.69, 9.17) is 27.3 Å². The number of hydrogen-bond acceptors (Lipinski definition) is 4. The van der Waals surface area contributed by atoms with Crippen molar-refractivity contribution in [2.24, 2.45) is 10.9 Å². The molecule has 0 fully saturated rings. The number of amidine groups is 1. The molecule has 1 rings (SSSR count). The van der Waals surface area contributed by atoms with Gasteiger partial charge in [-0.3, -0.25) is 4.90 Å². The van der Waals surface area contributed by atoms with Crippen LogP contribution in [0.3, 0.4) is 0 Å². The lowest BCUT2D eigenvalue weighted by Crippen LogP contribution is -2.31. The third-order valence-corrected chi connectivity index (χ3v) is 3.14. The van der Waals surface area contributed by atoms with E-state index in [9.17, 15) is 0 Å². The molecule has 0 aliphatic carbocycles. The van der Waals surface area contributed by atoms with E-state index in [-0.39, 0.29) is 5.84 Å². The SMILES string of the molecule is COCCN(CCC(N)=NO)Cc1ccccc1Cl. The average molecular weight is 286 g/mol. The van der Waals surface area contributed by atoms with E-state index in [0.717, 1.165) is 17.1 Å². The summed E-state index contributed by atoms with van der Waals surface area (Å²) >= 11 is 6.15. The molecule has 0 heterocycles. The van der Waals surface area contributed by atoms with Gasteiger partial charge < -0.3 is 15.7 Å². The molecule has 0 spiro atoms. The van der Waals surface area contributed by atoms with Gasteiger partial charge in [-0.2, -0.15) is 0 Å². The van der Waals surface area contributed by atoms with E-state index in [1.165, 1.54) is 0 Å². The number of hydrogen-bond donors (Lipinski definition) is 2. The van der Waals surface area contributed by atoms with Crippen molar-refractivity contribution in [3.8, 4) is 0 Å². The van der Waals surface area contributed by atoms with Crippen molar-refractivity contribution in [1.29, 1.82) is 0 Å². The number of benzene rings is 1. The number of oxime groups is 1. The third-order valence-electron chi connectivity index (χ3n) is 2.78. The maximum Gasteiger partial charge on any atom is 0.140 e. The molecule has 19 heavy (non-hydrogen) atoms. The Bertz CT molecular complexity index is 413. The summed E-state index contributed by atoms with van der Waals surface area (Å²) in [5.41, 5.74) is 6.54. The van der Waals surface area contributed by atoms with E-state index >= 15 is 0 Å². The Morgan fingerprint density at radius 2 is 2.16 bits per heavy atom. The van der Waals surface area contributed by atoms with Crippen molar-refractivity contribution in [3.63, 3.8) is 0 Å². The number of halogens is 1. The predicted octanol–water partition coefficient (Wildman–Crippen LogP) is 1.92. The molecule has 1 aromatic carbocycles. The molecule has 0 saturated heterocycles. The van der Waals surface area contributed by atoms with E-state index in [1.807, 2.05) is 24.3 Å². The van der Waals surface area contributed by atoms with Crippen LogP contribution in [-0.4, -0.2) is 42.7 Å². The van der Waals surface area contributed by atoms with E-state index < -0.39 is 0 Å². The van der Waals surface area contributed by atoms with Crippen molar-refractivity contribution in [3.05, 3.63) is 34.9 Å². The number of nitrogens with two attached hydrogens (primary N) is 1. The fourth-order valence-corrected chi connectivity index (χ4v) is 1.88. The Labute approximate surface area is 118 Å². The quantitative estimate of drug-likeness (QED) is 0.331. The van der Waals surface area contributed by atoms with Crippen molar-refractivity contribution in [1.82, 2.24) is 4.90 Å². The zero-order valence-corrected chi connectivity index (χ0v) is 11.8. The highest BCUT2D eigenvalue weighted by Gasteiger charge is 2.09. The molecule has 6 heteroatoms. The first-order valence-corrected chi connectivity index (χ1v) is 6.46. The molecule has 106 valence electrons. The summed E-state index contributed by atoms with van der Waals surface area (Å²) in [6, 6.07) is 7.72. The topological polar surface area (TPSA) is 71.1 Å². The van der Waals surface area contributed by atoms with Crippen molar-refractivity contribution < 1.29 is 9.94 Å². The van der Waals surface area contributed by atoms with Crippen LogP contribution in [0.1, 0.15) is 12.0 Å². The molecule has 0 atom stereocenters. The van der Waals surface area contributed by atoms with Crippen molar-refractivity contribution in [2.45, 2.75) is 13.0 Å². The van der Waals surface area contributed by atoms with Crippen LogP contribution in [0.4, 0.5) is 0 Å². The number of nitrogens with zero attached hydrogens (tertiary/aromatic N) is 2. The molecule has 0 saturated carbocycles. The maximum absolute atomic E-state index is 8.56. The summed E-state index contributed by atoms with van der Waals surface area (Å²) < 4.78 is 5.09. The van der Waals surface area contributed by atoms with Gasteiger partial charge in [0.05, 0.1) is 6.61 Å². The molecule has 0 aromatic heterocycles. The lowest BCUT2D eigenvalue weighted by atomic mass is 10.2. The number of ether oxygens (including phenoxy) is 1. The first-order valence-electron chi connectivity index (χ1n) is 6.08. The fourth-order valence-electron chi connectivity index (χ4n) is 1.68. The molecule has 0 aliphatic heterocycles. The molecular formula is C13H20ClN3O2. The van der Waals surface area contributed by atoms with Crippen molar-refractivity contribution in [2.75, 3.05) is 26.8 Å². The molecule has 0 amide bonds. The molecule has 3 N–H and O–H groups in total. The summed E-state index contributed by atoms with van der Waals surface area (Å²) in [6.45, 7) is 2.78. The Balaban J connectivity index is 2.61. The standard InChI is InChI=1S/C13H20ClN3O2/c1-19-9-8-17(7-6-13(15)16-18)10-11-4-2-3-5-12(11)14/h2-5,18H,6-10H2,1H3,(H2,15,16). The summed E-state index contributed by atoms with van der Waals surface area (Å²) in [5.74, 6) is 0.224. The highest BCUT2D eigenvalue weighted by molar-refractivity contribution is 6.31. The highest BCUT2D eigenvalue weighted by Crippen LogP contribution is 2.17. The predicted molar refractivity (Wildman–Crippen MR) is 76.6 cm³/mol. The Morgan fingerprint density at radius 3 is 2.79 bits per heavy atom. The maximum atomic E-state index is 8.56. The second-order valence-corrected chi connectivity index (χ2v) is 4.61. The smallest absolute Gasteiger partial charge is 0.140 e. The van der Waals surface area contributed by atoms with Gasteiger partial charge in [0, 0.05) is 38.2 Å². The summed E-state index contributed by atoms with van der Waals surface area (Å²) in [7, 11) is 1.66. The Kier molecular flexibility index (Phi) is 7.25. The fraction of sp³-hybridized carbons (Fsp3) is 0.462. The minimum Gasteiger partial charge on any atom is -0.409 e. The van der Waals surface area contributed by atoms with Crippen LogP contribution < -0.4 is 5.73 Å². The van der Waals surface area contributed by atoms with Crippen LogP contribution in [0.25, 0.3) is 0 Å². The normalized spacial score (nSPS) is 12.1. The summed E-state index contributed by atoms with van der Waals surface area (Å²) in [4.78, 5) is 2.16. The van der Waals surface area contributed by atoms with Gasteiger partial charge in [0.25, 0.3) is 0 Å². The van der Waals surface area contributed by atoms with Gasteiger partial charge in [-0.05, 0) is 11.6 Å². The second-order valence-electron chi connectivity index (χ2n) is 4.20. The highest BCUT2D eigenvalue weighted by atomic mass is 35.5. The lowest BCUT2D eigenvalue weighted by molar-refractivity contribution is 0.145. The first-order chi connectivity index (χ1) is 9.17. The lowest BCUT2D eigenvalue weighted by Gasteiger charge is -2.22. The van der Waals surface area contributed by atoms with E-state index in [1.54, 1.807) is 7.11 Å². The van der Waals surface area contributed by atoms with Crippen LogP contribution in [0.2, 0.25) is 5.02 Å². The molecule has 5 nitrogen and oxygen atoms in total. The van der Waals surface area contributed by atoms with E-state index in [0.29, 0.717) is 26.1 Å². The van der Waals surface area contributed by atoms with E-state index in [2.05, 4.69) is 10.1 Å². The monoisotopic (exact) mass is 285 g/mol. The Hall–Kier alpha value is -1.30. The van der Waals surface area contributed by atoms with Crippen LogP contribution in [0.5, 0.6) is 0 Å². The van der Waals surface area contributed by atoms with Gasteiger partial charge in [-0.15, -0.1) is 0 Å². The van der Waals surface area contributed by atoms with Crippen LogP contribution in [-0.2, 0) is 11.3 Å². The van der Waals surface area contributed by atoms with Crippen molar-refractivity contribution >= 4 is 17.4 Å². The summed E-state index contributed by atoms with van der Waals surface area (Å²) in [5, 5.41) is 12.3. The molecule has 0 radical (unpaired) electrons. The van der Waals surface area contributed by atoms with Gasteiger partial charge in [0.1, 0.15) is 5.84 Å². The van der Waals surface area contributed by atoms with Crippen LogP contribution in [0, 0.1) is 0 Å². The van der Waals surface area contributed by atoms with Gasteiger partial charge in [0.15, 0.2) is 0 Å². The second kappa shape index (κ2) is 8.74. The average Bonchev–Trinajstić information content (AvgIpc) is 2.43. The largest absolute Gasteiger partial charge is 0.409 e. The third kappa shape index (κ3) is 5.92. The minimum absolute atomic E-state index is 0.224. The van der Waals surface area contributed by atoms with Gasteiger partial charge in [-0.25, -0.2) is 0 Å². The van der Waals surface area contributed by atoms with Gasteiger partial charge in [-0.1, -0.05) is 35.0 Å². The first kappa shape index (κ1) is 15.8. The molecule has 0 bridgehead atoms. The minimum atomic E-state index is 0.224. The number of methoxy groups -OCH3 is 1. The summed E-state index contributed by atoms with van der Waals surface area (Å²) in [6.07, 6.45) is 0.505. The number of rotatable bonds is 8. The Morgan fingerprint density at radius 1 is 1.42 bits per heavy atom. The van der Waals surface area contributed by atoms with Gasteiger partial charge in [0.2, 0.25) is 0 Å². The van der Waals surface area contributed by atoms with Crippen LogP contribution >= 0.6 is 11.6 Å². The zero-order valence-electron chi connectivity index (χ0n) is 11.1. The molecule has 1 aromatic rings. The molecule has 0 unspecified atom stereocenters. The molecule has 0 aliphatic rings. The van der Waals surface area contributed by atoms with Crippen LogP contribution in [0.15, 0.2) is 29.4 Å². The molecular weight excluding hydrogens is 266 g/mol. The zero-order chi connectivity index (χ0) is 14.1.